The van der Waals surface area contributed by atoms with Crippen LogP contribution in [0.15, 0.2) is 73.1 Å². The van der Waals surface area contributed by atoms with E-state index in [9.17, 15) is 13.2 Å². The molecule has 1 atom stereocenters. The first-order valence-electron chi connectivity index (χ1n) is 9.83. The minimum absolute atomic E-state index is 0.0103. The summed E-state index contributed by atoms with van der Waals surface area (Å²) in [5, 5.41) is 0. The first-order valence-corrected chi connectivity index (χ1v) is 11.6. The molecule has 0 saturated carbocycles. The molecule has 0 aliphatic carbocycles. The normalized spacial score (nSPS) is 17.6. The van der Waals surface area contributed by atoms with Crippen LogP contribution < -0.4 is 4.74 Å². The smallest absolute Gasteiger partial charge is 0.254 e. The Morgan fingerprint density at radius 2 is 1.73 bits per heavy atom. The van der Waals surface area contributed by atoms with E-state index in [-0.39, 0.29) is 23.5 Å². The summed E-state index contributed by atoms with van der Waals surface area (Å²) in [6.07, 6.45) is 4.35. The second-order valence-corrected chi connectivity index (χ2v) is 9.70. The van der Waals surface area contributed by atoms with Crippen molar-refractivity contribution in [2.45, 2.75) is 19.0 Å². The van der Waals surface area contributed by atoms with Crippen LogP contribution in [0.3, 0.4) is 0 Å². The van der Waals surface area contributed by atoms with Crippen molar-refractivity contribution in [1.29, 1.82) is 0 Å². The number of amides is 1. The van der Waals surface area contributed by atoms with Gasteiger partial charge in [0.2, 0.25) is 0 Å². The summed E-state index contributed by atoms with van der Waals surface area (Å²) < 4.78 is 31.3. The highest BCUT2D eigenvalue weighted by Crippen LogP contribution is 2.24. The number of rotatable bonds is 6. The van der Waals surface area contributed by atoms with Crippen molar-refractivity contribution in [2.75, 3.05) is 18.6 Å². The number of methoxy groups -OCH3 is 1. The van der Waals surface area contributed by atoms with E-state index in [0.29, 0.717) is 18.5 Å². The molecule has 1 amide bonds. The third kappa shape index (κ3) is 4.41. The zero-order valence-corrected chi connectivity index (χ0v) is 17.6. The molecule has 1 saturated heterocycles. The summed E-state index contributed by atoms with van der Waals surface area (Å²) >= 11 is 0. The maximum absolute atomic E-state index is 13.4. The van der Waals surface area contributed by atoms with E-state index < -0.39 is 9.84 Å². The number of hydrogen-bond donors (Lipinski definition) is 0. The molecule has 6 nitrogen and oxygen atoms in total. The molecule has 30 heavy (non-hydrogen) atoms. The van der Waals surface area contributed by atoms with Gasteiger partial charge in [0.05, 0.1) is 18.6 Å². The molecule has 1 aliphatic rings. The Kier molecular flexibility index (Phi) is 5.63. The number of carbonyl (C=O) groups is 1. The van der Waals surface area contributed by atoms with Gasteiger partial charge in [-0.15, -0.1) is 0 Å². The van der Waals surface area contributed by atoms with Gasteiger partial charge in [-0.05, 0) is 60.5 Å². The maximum atomic E-state index is 13.4. The second kappa shape index (κ2) is 8.36. The first kappa shape index (κ1) is 20.2. The van der Waals surface area contributed by atoms with Crippen LogP contribution >= 0.6 is 0 Å². The number of aromatic nitrogens is 1. The van der Waals surface area contributed by atoms with Gasteiger partial charge in [0.25, 0.3) is 5.91 Å². The zero-order chi connectivity index (χ0) is 21.1. The molecular formula is C23H24N2O4S. The third-order valence-electron chi connectivity index (χ3n) is 5.44. The SMILES string of the molecule is COc1ccc(CN(C(=O)c2ccc(-n3cccc3)cc2)C2CCS(=O)(=O)C2)cc1. The van der Waals surface area contributed by atoms with E-state index in [4.69, 9.17) is 4.74 Å². The van der Waals surface area contributed by atoms with Crippen LogP contribution in [-0.4, -0.2) is 48.4 Å². The highest BCUT2D eigenvalue weighted by atomic mass is 32.2. The summed E-state index contributed by atoms with van der Waals surface area (Å²) in [6.45, 7) is 0.350. The molecule has 4 rings (SSSR count). The van der Waals surface area contributed by atoms with E-state index >= 15 is 0 Å². The lowest BCUT2D eigenvalue weighted by atomic mass is 10.1. The quantitative estimate of drug-likeness (QED) is 0.609. The van der Waals surface area contributed by atoms with Gasteiger partial charge in [0.1, 0.15) is 5.75 Å². The molecule has 7 heteroatoms. The van der Waals surface area contributed by atoms with Crippen molar-refractivity contribution in [1.82, 2.24) is 9.47 Å². The van der Waals surface area contributed by atoms with Crippen molar-refractivity contribution < 1.29 is 17.9 Å². The van der Waals surface area contributed by atoms with E-state index in [1.165, 1.54) is 0 Å². The molecule has 2 aromatic carbocycles. The molecule has 1 aliphatic heterocycles. The van der Waals surface area contributed by atoms with Crippen LogP contribution in [0.2, 0.25) is 0 Å². The van der Waals surface area contributed by atoms with E-state index in [2.05, 4.69) is 0 Å². The number of benzene rings is 2. The first-order chi connectivity index (χ1) is 14.4. The van der Waals surface area contributed by atoms with Gasteiger partial charge in [-0.3, -0.25) is 4.79 Å². The number of ether oxygens (including phenoxy) is 1. The fraction of sp³-hybridized carbons (Fsp3) is 0.261. The standard InChI is InChI=1S/C23H24N2O4S/c1-29-22-10-4-18(5-11-22)16-25(21-12-15-30(27,28)17-21)23(26)19-6-8-20(9-7-19)24-13-2-3-14-24/h2-11,13-14,21H,12,15-17H2,1H3. The molecule has 156 valence electrons. The molecule has 3 aromatic rings. The lowest BCUT2D eigenvalue weighted by molar-refractivity contribution is 0.0681. The average molecular weight is 425 g/mol. The van der Waals surface area contributed by atoms with Crippen LogP contribution in [0.1, 0.15) is 22.3 Å². The van der Waals surface area contributed by atoms with Crippen LogP contribution in [-0.2, 0) is 16.4 Å². The fourth-order valence-corrected chi connectivity index (χ4v) is 5.49. The predicted molar refractivity (Wildman–Crippen MR) is 116 cm³/mol. The van der Waals surface area contributed by atoms with E-state index in [0.717, 1.165) is 17.0 Å². The molecule has 1 aromatic heterocycles. The van der Waals surface area contributed by atoms with Crippen LogP contribution in [0.25, 0.3) is 5.69 Å². The number of carbonyl (C=O) groups excluding carboxylic acids is 1. The Morgan fingerprint density at radius 3 is 2.30 bits per heavy atom. The number of hydrogen-bond acceptors (Lipinski definition) is 4. The number of sulfone groups is 1. The van der Waals surface area contributed by atoms with Gasteiger partial charge >= 0.3 is 0 Å². The van der Waals surface area contributed by atoms with Gasteiger partial charge in [-0.2, -0.15) is 0 Å². The molecule has 1 unspecified atom stereocenters. The van der Waals surface area contributed by atoms with E-state index in [1.54, 1.807) is 24.1 Å². The van der Waals surface area contributed by atoms with Crippen molar-refractivity contribution in [3.8, 4) is 11.4 Å². The van der Waals surface area contributed by atoms with Crippen LogP contribution in [0, 0.1) is 0 Å². The van der Waals surface area contributed by atoms with Crippen LogP contribution in [0.5, 0.6) is 5.75 Å². The Balaban J connectivity index is 1.60. The van der Waals surface area contributed by atoms with Crippen LogP contribution in [0.4, 0.5) is 0 Å². The third-order valence-corrected chi connectivity index (χ3v) is 7.19. The zero-order valence-electron chi connectivity index (χ0n) is 16.8. The van der Waals surface area contributed by atoms with Gasteiger partial charge in [0, 0.05) is 36.2 Å². The monoisotopic (exact) mass is 424 g/mol. The van der Waals surface area contributed by atoms with Crippen molar-refractivity contribution >= 4 is 15.7 Å². The second-order valence-electron chi connectivity index (χ2n) is 7.48. The van der Waals surface area contributed by atoms with Crippen molar-refractivity contribution in [2.24, 2.45) is 0 Å². The molecule has 0 spiro atoms. The van der Waals surface area contributed by atoms with Crippen molar-refractivity contribution in [3.05, 3.63) is 84.2 Å². The molecule has 1 fully saturated rings. The van der Waals surface area contributed by atoms with Gasteiger partial charge in [-0.1, -0.05) is 12.1 Å². The van der Waals surface area contributed by atoms with Gasteiger partial charge < -0.3 is 14.2 Å². The maximum Gasteiger partial charge on any atom is 0.254 e. The van der Waals surface area contributed by atoms with E-state index in [1.807, 2.05) is 65.5 Å². The minimum Gasteiger partial charge on any atom is -0.497 e. The molecule has 0 radical (unpaired) electrons. The lowest BCUT2D eigenvalue weighted by Crippen LogP contribution is -2.40. The Hall–Kier alpha value is -3.06. The minimum atomic E-state index is -3.11. The summed E-state index contributed by atoms with van der Waals surface area (Å²) in [7, 11) is -1.51. The molecule has 0 bridgehead atoms. The summed E-state index contributed by atoms with van der Waals surface area (Å²) in [6, 6.07) is 18.4. The lowest BCUT2D eigenvalue weighted by Gasteiger charge is -2.28. The summed E-state index contributed by atoms with van der Waals surface area (Å²) in [4.78, 5) is 15.1. The van der Waals surface area contributed by atoms with Crippen molar-refractivity contribution in [3.63, 3.8) is 0 Å². The fourth-order valence-electron chi connectivity index (χ4n) is 3.76. The number of nitrogens with zero attached hydrogens (tertiary/aromatic N) is 2. The average Bonchev–Trinajstić information content (AvgIpc) is 3.42. The Bertz CT molecular complexity index is 1110. The molecular weight excluding hydrogens is 400 g/mol. The Morgan fingerprint density at radius 1 is 1.07 bits per heavy atom. The Labute approximate surface area is 176 Å². The summed E-state index contributed by atoms with van der Waals surface area (Å²) in [5.41, 5.74) is 2.43. The highest BCUT2D eigenvalue weighted by Gasteiger charge is 2.35. The highest BCUT2D eigenvalue weighted by molar-refractivity contribution is 7.91. The predicted octanol–water partition coefficient (Wildman–Crippen LogP) is 3.32. The van der Waals surface area contributed by atoms with Gasteiger partial charge in [0.15, 0.2) is 9.84 Å². The largest absolute Gasteiger partial charge is 0.497 e. The topological polar surface area (TPSA) is 68.6 Å². The van der Waals surface area contributed by atoms with Gasteiger partial charge in [-0.25, -0.2) is 8.42 Å². The summed E-state index contributed by atoms with van der Waals surface area (Å²) in [5.74, 6) is 0.708. The molecule has 0 N–H and O–H groups in total. The molecule has 2 heterocycles.